The second-order valence-electron chi connectivity index (χ2n) is 5.05. The Labute approximate surface area is 129 Å². The van der Waals surface area contributed by atoms with Crippen molar-refractivity contribution in [2.24, 2.45) is 0 Å². The van der Waals surface area contributed by atoms with E-state index in [-0.39, 0.29) is 6.04 Å². The lowest BCUT2D eigenvalue weighted by molar-refractivity contribution is 0.138. The number of nitrogens with zero attached hydrogens (tertiary/aromatic N) is 2. The molecule has 19 heavy (non-hydrogen) atoms. The number of rotatable bonds is 3. The average molecular weight is 394 g/mol. The Bertz CT molecular complexity index is 547. The minimum absolute atomic E-state index is 0.0464. The molecular weight excluding hydrogens is 375 g/mol. The van der Waals surface area contributed by atoms with Crippen LogP contribution in [-0.2, 0) is 16.6 Å². The van der Waals surface area contributed by atoms with Crippen molar-refractivity contribution in [1.82, 2.24) is 9.21 Å². The summed E-state index contributed by atoms with van der Waals surface area (Å²) in [6.07, 6.45) is 1.29. The van der Waals surface area contributed by atoms with Gasteiger partial charge in [0.25, 0.3) is 0 Å². The van der Waals surface area contributed by atoms with Crippen LogP contribution in [-0.4, -0.2) is 49.6 Å². The molecule has 1 aliphatic heterocycles. The third-order valence-corrected chi connectivity index (χ3v) is 5.88. The highest BCUT2D eigenvalue weighted by molar-refractivity contribution is 14.1. The quantitative estimate of drug-likeness (QED) is 0.734. The molecular formula is C13H19IN2O2S. The van der Waals surface area contributed by atoms with Crippen LogP contribution in [0.4, 0.5) is 0 Å². The zero-order chi connectivity index (χ0) is 14.0. The maximum Gasteiger partial charge on any atom is 0.211 e. The van der Waals surface area contributed by atoms with Gasteiger partial charge in [-0.1, -0.05) is 18.2 Å². The maximum atomic E-state index is 11.6. The Kier molecular flexibility index (Phi) is 4.86. The largest absolute Gasteiger partial charge is 0.296 e. The van der Waals surface area contributed by atoms with E-state index in [2.05, 4.69) is 39.6 Å². The number of sulfonamides is 1. The van der Waals surface area contributed by atoms with E-state index in [9.17, 15) is 8.42 Å². The average Bonchev–Trinajstić information content (AvgIpc) is 2.30. The van der Waals surface area contributed by atoms with Gasteiger partial charge in [-0.2, -0.15) is 4.31 Å². The van der Waals surface area contributed by atoms with Crippen LogP contribution in [0.3, 0.4) is 0 Å². The normalized spacial score (nSPS) is 22.6. The Balaban J connectivity index is 2.02. The van der Waals surface area contributed by atoms with Gasteiger partial charge in [0.15, 0.2) is 0 Å². The Morgan fingerprint density at radius 3 is 2.58 bits per heavy atom. The zero-order valence-corrected chi connectivity index (χ0v) is 14.2. The first-order valence-corrected chi connectivity index (χ1v) is 9.23. The molecule has 0 aromatic heterocycles. The van der Waals surface area contributed by atoms with E-state index >= 15 is 0 Å². The summed E-state index contributed by atoms with van der Waals surface area (Å²) in [4.78, 5) is 2.32. The lowest BCUT2D eigenvalue weighted by Gasteiger charge is -2.38. The van der Waals surface area contributed by atoms with Crippen molar-refractivity contribution in [2.45, 2.75) is 19.5 Å². The van der Waals surface area contributed by atoms with Gasteiger partial charge in [0.05, 0.1) is 6.26 Å². The summed E-state index contributed by atoms with van der Waals surface area (Å²) >= 11 is 2.35. The first-order valence-electron chi connectivity index (χ1n) is 6.30. The smallest absolute Gasteiger partial charge is 0.211 e. The Morgan fingerprint density at radius 1 is 1.32 bits per heavy atom. The molecule has 1 fully saturated rings. The van der Waals surface area contributed by atoms with E-state index in [1.807, 2.05) is 19.1 Å². The molecule has 106 valence electrons. The monoisotopic (exact) mass is 394 g/mol. The lowest BCUT2D eigenvalue weighted by Crippen LogP contribution is -2.53. The van der Waals surface area contributed by atoms with Gasteiger partial charge in [0.2, 0.25) is 10.0 Å². The van der Waals surface area contributed by atoms with E-state index in [1.165, 1.54) is 15.4 Å². The van der Waals surface area contributed by atoms with E-state index in [0.717, 1.165) is 19.6 Å². The van der Waals surface area contributed by atoms with Crippen molar-refractivity contribution in [1.29, 1.82) is 0 Å². The third-order valence-electron chi connectivity index (χ3n) is 3.43. The van der Waals surface area contributed by atoms with Crippen molar-refractivity contribution in [3.8, 4) is 0 Å². The summed E-state index contributed by atoms with van der Waals surface area (Å²) in [7, 11) is -3.07. The molecule has 0 bridgehead atoms. The third kappa shape index (κ3) is 3.90. The molecule has 6 heteroatoms. The first kappa shape index (κ1) is 15.2. The highest BCUT2D eigenvalue weighted by Crippen LogP contribution is 2.18. The highest BCUT2D eigenvalue weighted by Gasteiger charge is 2.29. The number of benzene rings is 1. The summed E-state index contributed by atoms with van der Waals surface area (Å²) in [5.74, 6) is 0. The molecule has 0 radical (unpaired) electrons. The van der Waals surface area contributed by atoms with Gasteiger partial charge in [-0.05, 0) is 41.1 Å². The van der Waals surface area contributed by atoms with Gasteiger partial charge >= 0.3 is 0 Å². The van der Waals surface area contributed by atoms with Gasteiger partial charge in [-0.3, -0.25) is 4.90 Å². The number of piperazine rings is 1. The molecule has 0 unspecified atom stereocenters. The molecule has 1 aliphatic rings. The summed E-state index contributed by atoms with van der Waals surface area (Å²) in [5, 5.41) is 0. The van der Waals surface area contributed by atoms with Crippen LogP contribution >= 0.6 is 22.6 Å². The standard InChI is InChI=1S/C13H19IN2O2S/c1-11-9-15(7-8-16(11)19(2,17)18)10-12-5-3-4-6-13(12)14/h3-6,11H,7-10H2,1-2H3/t11-/m0/s1. The topological polar surface area (TPSA) is 40.6 Å². The fourth-order valence-corrected chi connectivity index (χ4v) is 4.21. The van der Waals surface area contributed by atoms with Gasteiger partial charge in [0, 0.05) is 35.8 Å². The van der Waals surface area contributed by atoms with Crippen LogP contribution in [0, 0.1) is 3.57 Å². The summed E-state index contributed by atoms with van der Waals surface area (Å²) in [5.41, 5.74) is 1.31. The SMILES string of the molecule is C[C@H]1CN(Cc2ccccc2I)CCN1S(C)(=O)=O. The van der Waals surface area contributed by atoms with Crippen molar-refractivity contribution < 1.29 is 8.42 Å². The first-order chi connectivity index (χ1) is 8.88. The zero-order valence-electron chi connectivity index (χ0n) is 11.2. The maximum absolute atomic E-state index is 11.6. The van der Waals surface area contributed by atoms with Crippen molar-refractivity contribution >= 4 is 32.6 Å². The van der Waals surface area contributed by atoms with Crippen LogP contribution in [0.15, 0.2) is 24.3 Å². The summed E-state index contributed by atoms with van der Waals surface area (Å²) in [6, 6.07) is 8.37. The number of halogens is 1. The molecule has 0 spiro atoms. The predicted molar refractivity (Wildman–Crippen MR) is 85.4 cm³/mol. The molecule has 0 aliphatic carbocycles. The van der Waals surface area contributed by atoms with Crippen LogP contribution in [0.25, 0.3) is 0 Å². The van der Waals surface area contributed by atoms with E-state index < -0.39 is 10.0 Å². The predicted octanol–water partition coefficient (Wildman–Crippen LogP) is 1.76. The van der Waals surface area contributed by atoms with Crippen LogP contribution in [0.2, 0.25) is 0 Å². The van der Waals surface area contributed by atoms with Gasteiger partial charge in [0.1, 0.15) is 0 Å². The molecule has 0 amide bonds. The number of hydrogen-bond donors (Lipinski definition) is 0. The van der Waals surface area contributed by atoms with E-state index in [4.69, 9.17) is 0 Å². The molecule has 1 heterocycles. The number of hydrogen-bond acceptors (Lipinski definition) is 3. The van der Waals surface area contributed by atoms with Gasteiger partial charge in [-0.25, -0.2) is 8.42 Å². The Morgan fingerprint density at radius 2 is 2.00 bits per heavy atom. The van der Waals surface area contributed by atoms with Crippen LogP contribution in [0.5, 0.6) is 0 Å². The molecule has 2 rings (SSSR count). The van der Waals surface area contributed by atoms with E-state index in [1.54, 1.807) is 4.31 Å². The van der Waals surface area contributed by atoms with Crippen LogP contribution < -0.4 is 0 Å². The highest BCUT2D eigenvalue weighted by atomic mass is 127. The van der Waals surface area contributed by atoms with Crippen molar-refractivity contribution in [3.05, 3.63) is 33.4 Å². The lowest BCUT2D eigenvalue weighted by atomic mass is 10.1. The van der Waals surface area contributed by atoms with Crippen molar-refractivity contribution in [2.75, 3.05) is 25.9 Å². The van der Waals surface area contributed by atoms with Gasteiger partial charge < -0.3 is 0 Å². The molecule has 4 nitrogen and oxygen atoms in total. The molecule has 0 N–H and O–H groups in total. The summed E-state index contributed by atoms with van der Waals surface area (Å²) in [6.45, 7) is 5.04. The molecule has 1 aromatic carbocycles. The molecule has 1 saturated heterocycles. The fraction of sp³-hybridized carbons (Fsp3) is 0.538. The minimum Gasteiger partial charge on any atom is -0.296 e. The minimum atomic E-state index is -3.07. The summed E-state index contributed by atoms with van der Waals surface area (Å²) < 4.78 is 26.1. The Hall–Kier alpha value is -0.180. The van der Waals surface area contributed by atoms with Crippen LogP contribution in [0.1, 0.15) is 12.5 Å². The molecule has 0 saturated carbocycles. The molecule has 1 aromatic rings. The van der Waals surface area contributed by atoms with Gasteiger partial charge in [-0.15, -0.1) is 0 Å². The molecule has 1 atom stereocenters. The second kappa shape index (κ2) is 6.07. The fourth-order valence-electron chi connectivity index (χ4n) is 2.52. The van der Waals surface area contributed by atoms with Crippen molar-refractivity contribution in [3.63, 3.8) is 0 Å². The second-order valence-corrected chi connectivity index (χ2v) is 8.15. The van der Waals surface area contributed by atoms with E-state index in [0.29, 0.717) is 6.54 Å².